The Bertz CT molecular complexity index is 755. The summed E-state index contributed by atoms with van der Waals surface area (Å²) < 4.78 is 40.3. The van der Waals surface area contributed by atoms with E-state index in [-0.39, 0.29) is 22.3 Å². The summed E-state index contributed by atoms with van der Waals surface area (Å²) >= 11 is 5.85. The topological polar surface area (TPSA) is 59.1 Å². The first-order valence-electron chi connectivity index (χ1n) is 6.16. The number of halogens is 2. The van der Waals surface area contributed by atoms with Crippen LogP contribution in [0.1, 0.15) is 16.7 Å². The highest BCUT2D eigenvalue weighted by Crippen LogP contribution is 2.20. The molecular weight excluding hydrogens is 315 g/mol. The van der Waals surface area contributed by atoms with Crippen LogP contribution in [0.3, 0.4) is 0 Å². The highest BCUT2D eigenvalue weighted by atomic mass is 35.5. The summed E-state index contributed by atoms with van der Waals surface area (Å²) in [6, 6.07) is 4.62. The van der Waals surface area contributed by atoms with E-state index < -0.39 is 10.0 Å². The highest BCUT2D eigenvalue weighted by molar-refractivity contribution is 7.89. The van der Waals surface area contributed by atoms with E-state index in [1.54, 1.807) is 26.0 Å². The Kier molecular flexibility index (Phi) is 4.61. The average Bonchev–Trinajstić information content (AvgIpc) is 2.43. The third kappa shape index (κ3) is 3.58. The van der Waals surface area contributed by atoms with Gasteiger partial charge in [-0.25, -0.2) is 17.5 Å². The minimum Gasteiger partial charge on any atom is -0.263 e. The van der Waals surface area contributed by atoms with E-state index in [1.165, 1.54) is 18.5 Å². The van der Waals surface area contributed by atoms with Crippen LogP contribution in [0.4, 0.5) is 4.39 Å². The average molecular weight is 329 g/mol. The second-order valence-electron chi connectivity index (χ2n) is 4.67. The molecule has 0 saturated carbocycles. The Balaban J connectivity index is 2.22. The van der Waals surface area contributed by atoms with Crippen LogP contribution in [0.25, 0.3) is 0 Å². The fourth-order valence-electron chi connectivity index (χ4n) is 1.95. The number of nitrogens with one attached hydrogen (secondary N) is 1. The number of pyridine rings is 1. The van der Waals surface area contributed by atoms with E-state index in [0.717, 1.165) is 0 Å². The Hall–Kier alpha value is -1.50. The van der Waals surface area contributed by atoms with Crippen LogP contribution in [0.2, 0.25) is 5.02 Å². The van der Waals surface area contributed by atoms with Gasteiger partial charge in [0, 0.05) is 18.9 Å². The predicted molar refractivity (Wildman–Crippen MR) is 79.1 cm³/mol. The zero-order valence-electron chi connectivity index (χ0n) is 11.5. The molecule has 0 atom stereocenters. The largest absolute Gasteiger partial charge is 0.263 e. The van der Waals surface area contributed by atoms with Crippen LogP contribution in [-0.4, -0.2) is 13.4 Å². The molecule has 2 aromatic rings. The van der Waals surface area contributed by atoms with Gasteiger partial charge in [0.2, 0.25) is 10.0 Å². The number of sulfonamides is 1. The number of nitrogens with zero attached hydrogens (tertiary/aromatic N) is 1. The number of aryl methyl sites for hydroxylation is 2. The molecule has 0 saturated heterocycles. The van der Waals surface area contributed by atoms with E-state index >= 15 is 0 Å². The summed E-state index contributed by atoms with van der Waals surface area (Å²) in [6.45, 7) is 3.33. The molecule has 2 rings (SSSR count). The molecule has 0 aliphatic heterocycles. The van der Waals surface area contributed by atoms with Gasteiger partial charge in [0.25, 0.3) is 0 Å². The van der Waals surface area contributed by atoms with Gasteiger partial charge in [0.15, 0.2) is 0 Å². The molecule has 0 amide bonds. The van der Waals surface area contributed by atoms with Gasteiger partial charge in [-0.15, -0.1) is 0 Å². The van der Waals surface area contributed by atoms with Gasteiger partial charge in [-0.1, -0.05) is 23.7 Å². The molecule has 21 heavy (non-hydrogen) atoms. The van der Waals surface area contributed by atoms with Crippen LogP contribution < -0.4 is 4.72 Å². The molecule has 1 aromatic carbocycles. The van der Waals surface area contributed by atoms with E-state index in [4.69, 9.17) is 11.6 Å². The van der Waals surface area contributed by atoms with Crippen molar-refractivity contribution >= 4 is 21.6 Å². The fraction of sp³-hybridized carbons (Fsp3) is 0.214. The summed E-state index contributed by atoms with van der Waals surface area (Å²) in [5, 5.41) is 0.101. The highest BCUT2D eigenvalue weighted by Gasteiger charge is 2.18. The SMILES string of the molecule is Cc1cc(CNS(=O)(=O)c2cnccc2Cl)cc(C)c1F. The van der Waals surface area contributed by atoms with Crippen molar-refractivity contribution in [3.05, 3.63) is 58.1 Å². The quantitative estimate of drug-likeness (QED) is 0.938. The minimum atomic E-state index is -3.76. The molecule has 1 N–H and O–H groups in total. The molecule has 0 spiro atoms. The maximum atomic E-state index is 13.5. The first kappa shape index (κ1) is 15.9. The normalized spacial score (nSPS) is 11.6. The molecule has 0 radical (unpaired) electrons. The number of hydrogen-bond acceptors (Lipinski definition) is 3. The van der Waals surface area contributed by atoms with Gasteiger partial charge in [-0.3, -0.25) is 4.98 Å². The monoisotopic (exact) mass is 328 g/mol. The van der Waals surface area contributed by atoms with Gasteiger partial charge >= 0.3 is 0 Å². The van der Waals surface area contributed by atoms with Crippen molar-refractivity contribution in [2.45, 2.75) is 25.3 Å². The van der Waals surface area contributed by atoms with Crippen molar-refractivity contribution in [3.63, 3.8) is 0 Å². The Morgan fingerprint density at radius 3 is 2.48 bits per heavy atom. The van der Waals surface area contributed by atoms with Crippen molar-refractivity contribution in [2.75, 3.05) is 0 Å². The van der Waals surface area contributed by atoms with E-state index in [0.29, 0.717) is 16.7 Å². The molecule has 0 fully saturated rings. The summed E-state index contributed by atoms with van der Waals surface area (Å²) in [4.78, 5) is 3.67. The maximum absolute atomic E-state index is 13.5. The van der Waals surface area contributed by atoms with Gasteiger partial charge in [-0.05, 0) is 36.6 Å². The first-order chi connectivity index (χ1) is 9.81. The second-order valence-corrected chi connectivity index (χ2v) is 6.82. The summed E-state index contributed by atoms with van der Waals surface area (Å²) in [7, 11) is -3.76. The molecule has 112 valence electrons. The Labute approximate surface area is 128 Å². The lowest BCUT2D eigenvalue weighted by molar-refractivity contribution is 0.580. The Morgan fingerprint density at radius 2 is 1.90 bits per heavy atom. The molecule has 0 aliphatic carbocycles. The molecule has 0 unspecified atom stereocenters. The number of aromatic nitrogens is 1. The summed E-state index contributed by atoms with van der Waals surface area (Å²) in [5.41, 5.74) is 1.63. The van der Waals surface area contributed by atoms with Crippen molar-refractivity contribution in [1.29, 1.82) is 0 Å². The van der Waals surface area contributed by atoms with Crippen LogP contribution in [0, 0.1) is 19.7 Å². The van der Waals surface area contributed by atoms with Crippen LogP contribution >= 0.6 is 11.6 Å². The first-order valence-corrected chi connectivity index (χ1v) is 8.02. The molecule has 7 heteroatoms. The summed E-state index contributed by atoms with van der Waals surface area (Å²) in [5.74, 6) is -0.281. The second kappa shape index (κ2) is 6.09. The molecule has 4 nitrogen and oxygen atoms in total. The van der Waals surface area contributed by atoms with Crippen LogP contribution in [-0.2, 0) is 16.6 Å². The lowest BCUT2D eigenvalue weighted by atomic mass is 10.1. The fourth-order valence-corrected chi connectivity index (χ4v) is 3.40. The van der Waals surface area contributed by atoms with Crippen LogP contribution in [0.15, 0.2) is 35.5 Å². The molecule has 0 aliphatic rings. The number of rotatable bonds is 4. The van der Waals surface area contributed by atoms with Gasteiger partial charge in [0.1, 0.15) is 10.7 Å². The van der Waals surface area contributed by atoms with Gasteiger partial charge in [0.05, 0.1) is 5.02 Å². The molecule has 1 heterocycles. The van der Waals surface area contributed by atoms with Gasteiger partial charge in [-0.2, -0.15) is 0 Å². The minimum absolute atomic E-state index is 0.0511. The predicted octanol–water partition coefficient (Wildman–Crippen LogP) is 2.97. The van der Waals surface area contributed by atoms with Crippen molar-refractivity contribution in [2.24, 2.45) is 0 Å². The maximum Gasteiger partial charge on any atom is 0.243 e. The molecule has 0 bridgehead atoms. The van der Waals surface area contributed by atoms with E-state index in [9.17, 15) is 12.8 Å². The molecule has 1 aromatic heterocycles. The standard InChI is InChI=1S/C14H14ClFN2O2S/c1-9-5-11(6-10(2)14(9)16)7-18-21(19,20)13-8-17-4-3-12(13)15/h3-6,8,18H,7H2,1-2H3. The third-order valence-corrected chi connectivity index (χ3v) is 4.86. The smallest absolute Gasteiger partial charge is 0.243 e. The zero-order valence-corrected chi connectivity index (χ0v) is 13.1. The van der Waals surface area contributed by atoms with Gasteiger partial charge < -0.3 is 0 Å². The van der Waals surface area contributed by atoms with Crippen molar-refractivity contribution in [1.82, 2.24) is 9.71 Å². The van der Waals surface area contributed by atoms with E-state index in [2.05, 4.69) is 9.71 Å². The van der Waals surface area contributed by atoms with Crippen molar-refractivity contribution < 1.29 is 12.8 Å². The third-order valence-electron chi connectivity index (χ3n) is 2.99. The Morgan fingerprint density at radius 1 is 1.29 bits per heavy atom. The number of benzene rings is 1. The van der Waals surface area contributed by atoms with Crippen LogP contribution in [0.5, 0.6) is 0 Å². The zero-order chi connectivity index (χ0) is 15.6. The lowest BCUT2D eigenvalue weighted by Crippen LogP contribution is -2.23. The lowest BCUT2D eigenvalue weighted by Gasteiger charge is -2.10. The number of hydrogen-bond donors (Lipinski definition) is 1. The summed E-state index contributed by atoms with van der Waals surface area (Å²) in [6.07, 6.45) is 2.60. The van der Waals surface area contributed by atoms with Crippen molar-refractivity contribution in [3.8, 4) is 0 Å². The van der Waals surface area contributed by atoms with E-state index in [1.807, 2.05) is 0 Å². The molecular formula is C14H14ClFN2O2S.